The maximum atomic E-state index is 2.39. The molecule has 0 heterocycles. The van der Waals surface area contributed by atoms with Gasteiger partial charge in [-0.05, 0) is 149 Å². The van der Waals surface area contributed by atoms with Crippen LogP contribution in [0.4, 0.5) is 0 Å². The van der Waals surface area contributed by atoms with Crippen LogP contribution in [0.2, 0.25) is 0 Å². The lowest BCUT2D eigenvalue weighted by Crippen LogP contribution is -2.04. The molecule has 0 unspecified atom stereocenters. The Bertz CT molecular complexity index is 3050. The summed E-state index contributed by atoms with van der Waals surface area (Å²) in [6.07, 6.45) is 27.5. The minimum absolute atomic E-state index is 0.687. The summed E-state index contributed by atoms with van der Waals surface area (Å²) in [6, 6.07) is 76.2. The standard InChI is InChI=1S/C70H62/c1-5-21-51(22-6-1)55-37-41-59(42-38-55)69(57-27-9-3-10-28-57)49-61-31-15-13-25-53(61)45-47-67-63-33-17-19-35-65(63)68(66-36-20-18-34-64(66)67)48-46-54-26-14-16-32-62(54)50-70(58-29-11-4-12-30-58)60-43-39-56(40-44-60)52-23-7-2-8-24-52/h3-4,9-20,25-52H,1-2,5-8,21-24H2. The summed E-state index contributed by atoms with van der Waals surface area (Å²) in [5.41, 5.74) is 17.6. The van der Waals surface area contributed by atoms with Crippen LogP contribution < -0.4 is 0 Å². The summed E-state index contributed by atoms with van der Waals surface area (Å²) in [5.74, 6) is 1.37. The lowest BCUT2D eigenvalue weighted by Gasteiger charge is -2.22. The summed E-state index contributed by atoms with van der Waals surface area (Å²) in [7, 11) is 0. The molecule has 2 aliphatic carbocycles. The van der Waals surface area contributed by atoms with E-state index in [0.717, 1.165) is 0 Å². The molecule has 342 valence electrons. The van der Waals surface area contributed by atoms with Crippen molar-refractivity contribution in [3.8, 4) is 0 Å². The molecule has 0 radical (unpaired) electrons. The van der Waals surface area contributed by atoms with Gasteiger partial charge in [0.15, 0.2) is 0 Å². The molecule has 0 saturated heterocycles. The Morgan fingerprint density at radius 2 is 0.571 bits per heavy atom. The fourth-order valence-corrected chi connectivity index (χ4v) is 11.4. The predicted molar refractivity (Wildman–Crippen MR) is 304 cm³/mol. The van der Waals surface area contributed by atoms with Crippen LogP contribution in [0.3, 0.4) is 0 Å². The zero-order valence-electron chi connectivity index (χ0n) is 40.3. The third kappa shape index (κ3) is 9.97. The van der Waals surface area contributed by atoms with Gasteiger partial charge in [-0.1, -0.05) is 269 Å². The second-order valence-electron chi connectivity index (χ2n) is 19.6. The van der Waals surface area contributed by atoms with Gasteiger partial charge in [0.2, 0.25) is 0 Å². The molecule has 0 bridgehead atoms. The van der Waals surface area contributed by atoms with Crippen molar-refractivity contribution in [2.75, 3.05) is 0 Å². The second-order valence-corrected chi connectivity index (χ2v) is 19.6. The van der Waals surface area contributed by atoms with E-state index in [0.29, 0.717) is 11.8 Å². The zero-order valence-corrected chi connectivity index (χ0v) is 40.3. The number of hydrogen-bond donors (Lipinski definition) is 0. The molecule has 0 spiro atoms. The first-order chi connectivity index (χ1) is 34.7. The Morgan fingerprint density at radius 1 is 0.271 bits per heavy atom. The third-order valence-electron chi connectivity index (χ3n) is 15.2. The highest BCUT2D eigenvalue weighted by molar-refractivity contribution is 6.14. The highest BCUT2D eigenvalue weighted by atomic mass is 14.2. The summed E-state index contributed by atoms with van der Waals surface area (Å²) < 4.78 is 0. The minimum Gasteiger partial charge on any atom is -0.0622 e. The smallest absolute Gasteiger partial charge is 0.00987 e. The van der Waals surface area contributed by atoms with E-state index in [4.69, 9.17) is 0 Å². The Kier molecular flexibility index (Phi) is 13.7. The lowest BCUT2D eigenvalue weighted by atomic mass is 9.83. The van der Waals surface area contributed by atoms with Crippen molar-refractivity contribution >= 4 is 69.1 Å². The summed E-state index contributed by atoms with van der Waals surface area (Å²) in [4.78, 5) is 0. The second kappa shape index (κ2) is 21.4. The van der Waals surface area contributed by atoms with Gasteiger partial charge in [0, 0.05) is 0 Å². The van der Waals surface area contributed by atoms with Crippen molar-refractivity contribution < 1.29 is 0 Å². The van der Waals surface area contributed by atoms with Gasteiger partial charge in [0.1, 0.15) is 0 Å². The van der Waals surface area contributed by atoms with Gasteiger partial charge in [-0.3, -0.25) is 0 Å². The first kappa shape index (κ1) is 44.9. The molecular formula is C70H62. The molecule has 9 aromatic carbocycles. The Morgan fingerprint density at radius 3 is 0.929 bits per heavy atom. The van der Waals surface area contributed by atoms with Crippen LogP contribution in [-0.2, 0) is 0 Å². The normalized spacial score (nSPS) is 15.4. The molecule has 2 fully saturated rings. The average molecular weight is 903 g/mol. The quantitative estimate of drug-likeness (QED) is 0.0846. The average Bonchev–Trinajstić information content (AvgIpc) is 3.44. The van der Waals surface area contributed by atoms with Crippen LogP contribution in [0.15, 0.2) is 206 Å². The van der Waals surface area contributed by atoms with Crippen molar-refractivity contribution in [2.45, 2.75) is 76.0 Å². The topological polar surface area (TPSA) is 0 Å². The molecule has 0 heteroatoms. The van der Waals surface area contributed by atoms with E-state index in [2.05, 4.69) is 243 Å². The molecule has 11 rings (SSSR count). The molecule has 0 amide bonds. The van der Waals surface area contributed by atoms with Crippen LogP contribution in [-0.4, -0.2) is 0 Å². The maximum absolute atomic E-state index is 2.39. The molecular weight excluding hydrogens is 841 g/mol. The van der Waals surface area contributed by atoms with Crippen LogP contribution >= 0.6 is 0 Å². The number of rotatable bonds is 12. The first-order valence-electron chi connectivity index (χ1n) is 26.0. The van der Waals surface area contributed by atoms with Gasteiger partial charge in [-0.2, -0.15) is 0 Å². The number of hydrogen-bond acceptors (Lipinski definition) is 0. The molecule has 0 aliphatic heterocycles. The van der Waals surface area contributed by atoms with E-state index in [-0.39, 0.29) is 0 Å². The molecule has 0 nitrogen and oxygen atoms in total. The largest absolute Gasteiger partial charge is 0.0622 e. The van der Waals surface area contributed by atoms with E-state index >= 15 is 0 Å². The first-order valence-corrected chi connectivity index (χ1v) is 26.0. The van der Waals surface area contributed by atoms with Crippen LogP contribution in [0.1, 0.15) is 143 Å². The predicted octanol–water partition coefficient (Wildman–Crippen LogP) is 19.6. The lowest BCUT2D eigenvalue weighted by molar-refractivity contribution is 0.443. The van der Waals surface area contributed by atoms with E-state index in [1.165, 1.54) is 164 Å². The highest BCUT2D eigenvalue weighted by Gasteiger charge is 2.18. The third-order valence-corrected chi connectivity index (χ3v) is 15.2. The van der Waals surface area contributed by atoms with Crippen molar-refractivity contribution in [1.82, 2.24) is 0 Å². The van der Waals surface area contributed by atoms with E-state index in [1.807, 2.05) is 0 Å². The van der Waals surface area contributed by atoms with Crippen molar-refractivity contribution in [3.05, 3.63) is 273 Å². The molecule has 2 aliphatic rings. The molecule has 0 N–H and O–H groups in total. The van der Waals surface area contributed by atoms with Crippen molar-refractivity contribution in [1.29, 1.82) is 0 Å². The van der Waals surface area contributed by atoms with Crippen molar-refractivity contribution in [2.24, 2.45) is 0 Å². The molecule has 0 atom stereocenters. The van der Waals surface area contributed by atoms with Gasteiger partial charge in [-0.15, -0.1) is 0 Å². The zero-order chi connectivity index (χ0) is 46.9. The SMILES string of the molecule is C(=Cc1c2ccccc2c(C=Cc2ccccc2C=C(c2ccccc2)c2ccc(C3CCCCC3)cc2)c2ccccc12)c1ccccc1C=C(c1ccccc1)c1ccc(C2CCCCC2)cc1. The maximum Gasteiger partial charge on any atom is -0.00987 e. The molecule has 0 aromatic heterocycles. The fourth-order valence-electron chi connectivity index (χ4n) is 11.4. The number of benzene rings is 9. The fraction of sp³-hybridized carbons (Fsp3) is 0.171. The van der Waals surface area contributed by atoms with Crippen LogP contribution in [0.25, 0.3) is 69.1 Å². The molecule has 9 aromatic rings. The van der Waals surface area contributed by atoms with Gasteiger partial charge < -0.3 is 0 Å². The summed E-state index contributed by atoms with van der Waals surface area (Å²) in [5, 5.41) is 4.96. The summed E-state index contributed by atoms with van der Waals surface area (Å²) in [6.45, 7) is 0. The Hall–Kier alpha value is -7.54. The van der Waals surface area contributed by atoms with Crippen molar-refractivity contribution in [3.63, 3.8) is 0 Å². The van der Waals surface area contributed by atoms with Gasteiger partial charge in [0.25, 0.3) is 0 Å². The van der Waals surface area contributed by atoms with Gasteiger partial charge in [-0.25, -0.2) is 0 Å². The monoisotopic (exact) mass is 902 g/mol. The summed E-state index contributed by atoms with van der Waals surface area (Å²) >= 11 is 0. The van der Waals surface area contributed by atoms with E-state index in [9.17, 15) is 0 Å². The number of fused-ring (bicyclic) bond motifs is 2. The Labute approximate surface area is 416 Å². The van der Waals surface area contributed by atoms with Gasteiger partial charge in [0.05, 0.1) is 0 Å². The van der Waals surface area contributed by atoms with Crippen LogP contribution in [0.5, 0.6) is 0 Å². The van der Waals surface area contributed by atoms with E-state index in [1.54, 1.807) is 0 Å². The molecule has 2 saturated carbocycles. The van der Waals surface area contributed by atoms with Gasteiger partial charge >= 0.3 is 0 Å². The van der Waals surface area contributed by atoms with E-state index < -0.39 is 0 Å². The minimum atomic E-state index is 0.687. The Balaban J connectivity index is 0.950. The highest BCUT2D eigenvalue weighted by Crippen LogP contribution is 2.39. The van der Waals surface area contributed by atoms with Crippen LogP contribution in [0, 0.1) is 0 Å². The molecule has 70 heavy (non-hydrogen) atoms.